The predicted octanol–water partition coefficient (Wildman–Crippen LogP) is 5.06. The summed E-state index contributed by atoms with van der Waals surface area (Å²) >= 11 is 15.0. The fraction of sp³-hybridized carbons (Fsp3) is 0.286. The maximum absolute atomic E-state index is 6.34. The molecule has 0 bridgehead atoms. The van der Waals surface area contributed by atoms with Gasteiger partial charge in [-0.25, -0.2) is 0 Å². The van der Waals surface area contributed by atoms with E-state index in [0.29, 0.717) is 6.54 Å². The highest BCUT2D eigenvalue weighted by Crippen LogP contribution is 2.30. The van der Waals surface area contributed by atoms with Crippen molar-refractivity contribution in [2.45, 2.75) is 12.6 Å². The van der Waals surface area contributed by atoms with Gasteiger partial charge in [0.2, 0.25) is 0 Å². The van der Waals surface area contributed by atoms with Crippen molar-refractivity contribution in [1.29, 1.82) is 0 Å². The Bertz CT molecular complexity index is 588. The van der Waals surface area contributed by atoms with Gasteiger partial charge in [-0.2, -0.15) is 0 Å². The molecule has 1 aromatic carbocycles. The lowest BCUT2D eigenvalue weighted by Crippen LogP contribution is -2.30. The molecule has 2 aromatic rings. The molecule has 1 heterocycles. The van der Waals surface area contributed by atoms with Crippen LogP contribution in [0.1, 0.15) is 16.5 Å². The fourth-order valence-corrected chi connectivity index (χ4v) is 4.42. The van der Waals surface area contributed by atoms with Crippen LogP contribution in [0.4, 0.5) is 0 Å². The van der Waals surface area contributed by atoms with Crippen LogP contribution in [0.25, 0.3) is 0 Å². The van der Waals surface area contributed by atoms with E-state index in [0.717, 1.165) is 26.1 Å². The predicted molar refractivity (Wildman–Crippen MR) is 94.4 cm³/mol. The van der Waals surface area contributed by atoms with Gasteiger partial charge in [0.25, 0.3) is 0 Å². The molecular formula is C14H15Br2ClN2S. The van der Waals surface area contributed by atoms with E-state index in [2.05, 4.69) is 55.3 Å². The lowest BCUT2D eigenvalue weighted by atomic mass is 10.1. The van der Waals surface area contributed by atoms with E-state index >= 15 is 0 Å². The number of halogens is 3. The zero-order valence-corrected chi connectivity index (χ0v) is 15.7. The van der Waals surface area contributed by atoms with Crippen molar-refractivity contribution in [3.63, 3.8) is 0 Å². The van der Waals surface area contributed by atoms with E-state index in [4.69, 9.17) is 17.3 Å². The molecule has 20 heavy (non-hydrogen) atoms. The van der Waals surface area contributed by atoms with E-state index in [9.17, 15) is 0 Å². The largest absolute Gasteiger partial charge is 0.329 e. The average Bonchev–Trinajstić information content (AvgIpc) is 2.78. The highest BCUT2D eigenvalue weighted by Gasteiger charge is 2.19. The first-order valence-electron chi connectivity index (χ1n) is 6.09. The molecule has 0 fully saturated rings. The molecule has 2 rings (SSSR count). The summed E-state index contributed by atoms with van der Waals surface area (Å²) in [4.78, 5) is 3.53. The van der Waals surface area contributed by atoms with Crippen LogP contribution in [0, 0.1) is 0 Å². The van der Waals surface area contributed by atoms with Gasteiger partial charge in [0.1, 0.15) is 0 Å². The molecule has 0 amide bonds. The SMILES string of the molecule is CN(Cc1cc(Br)cs1)C(CN)c1ccc(Br)cc1Cl. The topological polar surface area (TPSA) is 29.3 Å². The first-order valence-corrected chi connectivity index (χ1v) is 8.93. The molecule has 0 aliphatic carbocycles. The van der Waals surface area contributed by atoms with E-state index in [1.807, 2.05) is 18.2 Å². The zero-order chi connectivity index (χ0) is 14.7. The van der Waals surface area contributed by atoms with E-state index in [-0.39, 0.29) is 6.04 Å². The quantitative estimate of drug-likeness (QED) is 0.707. The molecule has 0 saturated carbocycles. The lowest BCUT2D eigenvalue weighted by Gasteiger charge is -2.27. The Hall–Kier alpha value is 0.0900. The van der Waals surface area contributed by atoms with E-state index < -0.39 is 0 Å². The number of nitrogens with two attached hydrogens (primary N) is 1. The van der Waals surface area contributed by atoms with Crippen molar-refractivity contribution < 1.29 is 0 Å². The first-order chi connectivity index (χ1) is 9.51. The summed E-state index contributed by atoms with van der Waals surface area (Å²) in [5.74, 6) is 0. The number of nitrogens with zero attached hydrogens (tertiary/aromatic N) is 1. The highest BCUT2D eigenvalue weighted by atomic mass is 79.9. The van der Waals surface area contributed by atoms with Crippen LogP contribution < -0.4 is 5.73 Å². The van der Waals surface area contributed by atoms with Crippen molar-refractivity contribution in [2.24, 2.45) is 5.73 Å². The van der Waals surface area contributed by atoms with Gasteiger partial charge in [-0.05, 0) is 46.7 Å². The van der Waals surface area contributed by atoms with Gasteiger partial charge in [-0.15, -0.1) is 11.3 Å². The molecule has 0 aliphatic heterocycles. The molecular weight excluding hydrogens is 423 g/mol. The number of rotatable bonds is 5. The van der Waals surface area contributed by atoms with E-state index in [1.165, 1.54) is 4.88 Å². The minimum Gasteiger partial charge on any atom is -0.329 e. The molecule has 0 saturated heterocycles. The van der Waals surface area contributed by atoms with Crippen LogP contribution in [0.5, 0.6) is 0 Å². The smallest absolute Gasteiger partial charge is 0.0486 e. The van der Waals surface area contributed by atoms with E-state index in [1.54, 1.807) is 11.3 Å². The van der Waals surface area contributed by atoms with Crippen LogP contribution in [0.15, 0.2) is 38.6 Å². The second-order valence-corrected chi connectivity index (χ2v) is 7.80. The third-order valence-electron chi connectivity index (χ3n) is 3.10. The summed E-state index contributed by atoms with van der Waals surface area (Å²) in [5.41, 5.74) is 7.02. The number of hydrogen-bond acceptors (Lipinski definition) is 3. The summed E-state index contributed by atoms with van der Waals surface area (Å²) in [5, 5.41) is 2.83. The van der Waals surface area contributed by atoms with Gasteiger partial charge in [-0.3, -0.25) is 4.90 Å². The summed E-state index contributed by atoms with van der Waals surface area (Å²) in [6, 6.07) is 8.19. The fourth-order valence-electron chi connectivity index (χ4n) is 2.11. The van der Waals surface area contributed by atoms with Crippen LogP contribution in [0.3, 0.4) is 0 Å². The zero-order valence-electron chi connectivity index (χ0n) is 10.9. The van der Waals surface area contributed by atoms with Crippen LogP contribution in [-0.2, 0) is 6.54 Å². The second-order valence-electron chi connectivity index (χ2n) is 4.56. The lowest BCUT2D eigenvalue weighted by molar-refractivity contribution is 0.244. The van der Waals surface area contributed by atoms with Gasteiger partial charge in [-0.1, -0.05) is 33.6 Å². The minimum atomic E-state index is 0.108. The van der Waals surface area contributed by atoms with Crippen LogP contribution in [-0.4, -0.2) is 18.5 Å². The Morgan fingerprint density at radius 1 is 1.30 bits per heavy atom. The Morgan fingerprint density at radius 2 is 2.05 bits per heavy atom. The maximum Gasteiger partial charge on any atom is 0.0486 e. The Kier molecular flexibility index (Phi) is 6.08. The van der Waals surface area contributed by atoms with Gasteiger partial charge in [0.05, 0.1) is 0 Å². The normalized spacial score (nSPS) is 12.9. The average molecular weight is 439 g/mol. The molecule has 0 aliphatic rings. The Balaban J connectivity index is 2.18. The molecule has 108 valence electrons. The summed E-state index contributed by atoms with van der Waals surface area (Å²) < 4.78 is 2.10. The number of hydrogen-bond donors (Lipinski definition) is 1. The highest BCUT2D eigenvalue weighted by molar-refractivity contribution is 9.10. The van der Waals surface area contributed by atoms with Gasteiger partial charge in [0.15, 0.2) is 0 Å². The van der Waals surface area contributed by atoms with Crippen molar-refractivity contribution in [3.8, 4) is 0 Å². The second kappa shape index (κ2) is 7.38. The third-order valence-corrected chi connectivity index (χ3v) is 5.61. The summed E-state index contributed by atoms with van der Waals surface area (Å²) in [7, 11) is 2.07. The Labute approximate surface area is 145 Å². The third kappa shape index (κ3) is 4.06. The summed E-state index contributed by atoms with van der Waals surface area (Å²) in [6.45, 7) is 1.38. The maximum atomic E-state index is 6.34. The first kappa shape index (κ1) is 16.5. The molecule has 1 atom stereocenters. The van der Waals surface area contributed by atoms with Crippen molar-refractivity contribution in [3.05, 3.63) is 54.1 Å². The standard InChI is InChI=1S/C14H15Br2ClN2S/c1-19(7-11-4-10(16)8-20-11)14(6-18)12-3-2-9(15)5-13(12)17/h2-5,8,14H,6-7,18H2,1H3. The molecule has 1 unspecified atom stereocenters. The number of likely N-dealkylation sites (N-methyl/N-ethyl adjacent to an activating group) is 1. The molecule has 0 radical (unpaired) electrons. The molecule has 1 aromatic heterocycles. The van der Waals surface area contributed by atoms with Crippen molar-refractivity contribution in [2.75, 3.05) is 13.6 Å². The number of thiophene rings is 1. The van der Waals surface area contributed by atoms with Gasteiger partial charge >= 0.3 is 0 Å². The molecule has 2 nitrogen and oxygen atoms in total. The molecule has 6 heteroatoms. The van der Waals surface area contributed by atoms with Crippen LogP contribution in [0.2, 0.25) is 5.02 Å². The monoisotopic (exact) mass is 436 g/mol. The van der Waals surface area contributed by atoms with Crippen LogP contribution >= 0.6 is 54.8 Å². The molecule has 0 spiro atoms. The molecule has 2 N–H and O–H groups in total. The van der Waals surface area contributed by atoms with Gasteiger partial charge < -0.3 is 5.73 Å². The van der Waals surface area contributed by atoms with Crippen molar-refractivity contribution in [1.82, 2.24) is 4.90 Å². The van der Waals surface area contributed by atoms with Gasteiger partial charge in [0, 0.05) is 43.4 Å². The minimum absolute atomic E-state index is 0.108. The Morgan fingerprint density at radius 3 is 2.60 bits per heavy atom. The summed E-state index contributed by atoms with van der Waals surface area (Å²) in [6.07, 6.45) is 0. The van der Waals surface area contributed by atoms with Crippen molar-refractivity contribution >= 4 is 54.8 Å². The number of benzene rings is 1.